The van der Waals surface area contributed by atoms with Gasteiger partial charge < -0.3 is 30.2 Å². The minimum atomic E-state index is -4.47. The summed E-state index contributed by atoms with van der Waals surface area (Å²) in [6.45, 7) is 5.09. The van der Waals surface area contributed by atoms with Crippen molar-refractivity contribution in [2.24, 2.45) is 0 Å². The van der Waals surface area contributed by atoms with E-state index in [1.54, 1.807) is 20.9 Å². The highest BCUT2D eigenvalue weighted by atomic mass is 31.2. The molecule has 1 aliphatic rings. The minimum absolute atomic E-state index is 0.103. The molecule has 3 aromatic rings. The Hall–Kier alpha value is -3.43. The van der Waals surface area contributed by atoms with Gasteiger partial charge in [-0.1, -0.05) is 6.07 Å². The van der Waals surface area contributed by atoms with Gasteiger partial charge in [0.1, 0.15) is 29.8 Å². The smallest absolute Gasteiger partial charge is 0.459 e. The largest absolute Gasteiger partial charge is 0.462 e. The van der Waals surface area contributed by atoms with Gasteiger partial charge in [0.15, 0.2) is 28.9 Å². The summed E-state index contributed by atoms with van der Waals surface area (Å²) < 4.78 is 66.6. The Bertz CT molecular complexity index is 1460. The Morgan fingerprint density at radius 3 is 2.73 bits per heavy atom. The van der Waals surface area contributed by atoms with E-state index in [-0.39, 0.29) is 22.9 Å². The number of nitrogens with two attached hydrogens (primary N) is 1. The number of hydrogen-bond acceptors (Lipinski definition) is 12. The number of anilines is 2. The normalized spacial score (nSPS) is 24.8. The molecule has 14 nitrogen and oxygen atoms in total. The van der Waals surface area contributed by atoms with Gasteiger partial charge in [-0.25, -0.2) is 18.3 Å². The predicted octanol–water partition coefficient (Wildman–Crippen LogP) is 2.71. The first kappa shape index (κ1) is 30.5. The number of aliphatic hydroxyl groups is 1. The molecule has 0 spiro atoms. The number of esters is 1. The topological polar surface area (TPSA) is 185 Å². The molecule has 1 aromatic carbocycles. The van der Waals surface area contributed by atoms with Gasteiger partial charge in [-0.2, -0.15) is 15.1 Å². The fourth-order valence-corrected chi connectivity index (χ4v) is 5.67. The maximum absolute atomic E-state index is 16.0. The fourth-order valence-electron chi connectivity index (χ4n) is 4.18. The fraction of sp³-hybridized carbons (Fsp3) is 0.500. The molecule has 5 N–H and O–H groups in total. The molecule has 0 bridgehead atoms. The molecule has 3 heterocycles. The number of alkyl halides is 1. The number of hydrogen-bond donors (Lipinski definition) is 4. The monoisotopic (exact) mass is 599 g/mol. The zero-order valence-electron chi connectivity index (χ0n) is 22.9. The number of ether oxygens (including phenoxy) is 2. The Morgan fingerprint density at radius 2 is 2.07 bits per heavy atom. The van der Waals surface area contributed by atoms with Crippen LogP contribution in [0.15, 0.2) is 30.6 Å². The summed E-state index contributed by atoms with van der Waals surface area (Å²) in [5, 5.41) is 16.1. The van der Waals surface area contributed by atoms with Crippen LogP contribution in [0.4, 0.5) is 20.5 Å². The van der Waals surface area contributed by atoms with Crippen molar-refractivity contribution >= 4 is 36.6 Å². The van der Waals surface area contributed by atoms with Crippen LogP contribution in [-0.4, -0.2) is 74.3 Å². The molecule has 1 saturated heterocycles. The highest BCUT2D eigenvalue weighted by molar-refractivity contribution is 7.52. The third kappa shape index (κ3) is 6.57. The van der Waals surface area contributed by atoms with E-state index in [9.17, 15) is 18.9 Å². The van der Waals surface area contributed by atoms with Crippen LogP contribution < -0.4 is 20.7 Å². The average molecular weight is 600 g/mol. The van der Waals surface area contributed by atoms with E-state index in [1.165, 1.54) is 30.0 Å². The number of aliphatic hydroxyl groups excluding tert-OH is 1. The summed E-state index contributed by atoms with van der Waals surface area (Å²) >= 11 is 0. The molecule has 0 unspecified atom stereocenters. The number of carbonyl (C=O) groups excluding carboxylic acids is 1. The second kappa shape index (κ2) is 11.8. The number of benzene rings is 1. The summed E-state index contributed by atoms with van der Waals surface area (Å²) in [5.41, 5.74) is 3.81. The first-order valence-electron chi connectivity index (χ1n) is 12.6. The molecule has 1 fully saturated rings. The zero-order valence-corrected chi connectivity index (χ0v) is 23.8. The van der Waals surface area contributed by atoms with Crippen LogP contribution in [-0.2, 0) is 23.4 Å². The van der Waals surface area contributed by atoms with Crippen molar-refractivity contribution in [1.82, 2.24) is 24.6 Å². The molecule has 2 aromatic heterocycles. The van der Waals surface area contributed by atoms with Crippen LogP contribution in [0.2, 0.25) is 0 Å². The third-order valence-corrected chi connectivity index (χ3v) is 7.78. The Kier molecular flexibility index (Phi) is 8.80. The molecule has 6 atom stereocenters. The molecule has 0 amide bonds. The lowest BCUT2D eigenvalue weighted by molar-refractivity contribution is -0.149. The molecule has 0 saturated carbocycles. The molecular weight excluding hydrogens is 567 g/mol. The maximum Gasteiger partial charge on any atom is 0.459 e. The van der Waals surface area contributed by atoms with Crippen LogP contribution in [0.1, 0.15) is 33.9 Å². The number of halogens is 2. The average Bonchev–Trinajstić information content (AvgIpc) is 3.39. The van der Waals surface area contributed by atoms with Gasteiger partial charge in [0.25, 0.3) is 0 Å². The van der Waals surface area contributed by atoms with Crippen molar-refractivity contribution in [2.75, 3.05) is 24.7 Å². The van der Waals surface area contributed by atoms with Gasteiger partial charge in [0, 0.05) is 13.1 Å². The summed E-state index contributed by atoms with van der Waals surface area (Å²) in [7, 11) is -2.87. The van der Waals surface area contributed by atoms with Gasteiger partial charge in [-0.3, -0.25) is 13.9 Å². The van der Waals surface area contributed by atoms with Gasteiger partial charge in [-0.05, 0) is 39.8 Å². The molecule has 41 heavy (non-hydrogen) atoms. The van der Waals surface area contributed by atoms with Gasteiger partial charge >= 0.3 is 13.7 Å². The Morgan fingerprint density at radius 1 is 1.34 bits per heavy atom. The van der Waals surface area contributed by atoms with Crippen molar-refractivity contribution in [3.63, 3.8) is 0 Å². The lowest BCUT2D eigenvalue weighted by Gasteiger charge is -2.25. The number of rotatable bonds is 11. The number of carbonyl (C=O) groups is 1. The zero-order chi connectivity index (χ0) is 30.1. The van der Waals surface area contributed by atoms with Crippen LogP contribution in [0.5, 0.6) is 5.75 Å². The van der Waals surface area contributed by atoms with Crippen LogP contribution in [0.3, 0.4) is 0 Å². The van der Waals surface area contributed by atoms with E-state index in [1.807, 2.05) is 0 Å². The van der Waals surface area contributed by atoms with Crippen LogP contribution in [0, 0.1) is 5.82 Å². The molecule has 0 aliphatic carbocycles. The quantitative estimate of drug-likeness (QED) is 0.186. The summed E-state index contributed by atoms with van der Waals surface area (Å²) in [5.74, 6) is -1.40. The lowest BCUT2D eigenvalue weighted by Crippen LogP contribution is -2.41. The number of nitrogen functional groups attached to an aromatic ring is 1. The van der Waals surface area contributed by atoms with E-state index in [2.05, 4.69) is 25.4 Å². The second-order valence-electron chi connectivity index (χ2n) is 9.81. The standard InChI is InChI=1S/C24H32F2N7O7P/c1-12(2)38-21(35)13(3)32-41(36,40-15-8-6-7-14(25)9-15)37-10-16-18(34)24(4,26)22(39-16)33-11-29-17-19(28-5)30-23(27)31-20(17)33/h6-9,11-13,16,18,22,34H,10H2,1-5H3,(H,32,36)(H3,27,28,30,31)/t13-,16+,18+,22+,24+,41-/m0/s1. The first-order chi connectivity index (χ1) is 19.2. The number of fused-ring (bicyclic) bond motifs is 1. The summed E-state index contributed by atoms with van der Waals surface area (Å²) in [6.07, 6.45) is -3.80. The van der Waals surface area contributed by atoms with Crippen molar-refractivity contribution in [2.45, 2.75) is 63.9 Å². The minimum Gasteiger partial charge on any atom is -0.462 e. The summed E-state index contributed by atoms with van der Waals surface area (Å²) in [6, 6.07) is 3.57. The molecule has 1 aliphatic heterocycles. The van der Waals surface area contributed by atoms with E-state index >= 15 is 4.39 Å². The third-order valence-electron chi connectivity index (χ3n) is 6.13. The van der Waals surface area contributed by atoms with Gasteiger partial charge in [0.05, 0.1) is 19.0 Å². The van der Waals surface area contributed by atoms with Crippen molar-refractivity contribution in [3.05, 3.63) is 36.4 Å². The van der Waals surface area contributed by atoms with Crippen molar-refractivity contribution in [3.8, 4) is 5.75 Å². The van der Waals surface area contributed by atoms with E-state index < -0.39 is 62.4 Å². The van der Waals surface area contributed by atoms with E-state index in [0.717, 1.165) is 19.1 Å². The molecule has 224 valence electrons. The number of nitrogens with zero attached hydrogens (tertiary/aromatic N) is 4. The Labute approximate surface area is 234 Å². The lowest BCUT2D eigenvalue weighted by atomic mass is 9.98. The number of imidazole rings is 1. The van der Waals surface area contributed by atoms with Crippen molar-refractivity contribution < 1.29 is 41.8 Å². The SMILES string of the molecule is CNc1nc(N)nc2c1ncn2[C@@H]1O[C@H](CO[P@@](=O)(N[C@@H](C)C(=O)OC(C)C)Oc2cccc(F)c2)[C@@H](O)[C@@]1(C)F. The van der Waals surface area contributed by atoms with Crippen LogP contribution in [0.25, 0.3) is 11.2 Å². The predicted molar refractivity (Wildman–Crippen MR) is 143 cm³/mol. The second-order valence-corrected chi connectivity index (χ2v) is 11.5. The van der Waals surface area contributed by atoms with Crippen LogP contribution >= 0.6 is 7.75 Å². The van der Waals surface area contributed by atoms with Gasteiger partial charge in [-0.15, -0.1) is 0 Å². The molecule has 4 rings (SSSR count). The maximum atomic E-state index is 16.0. The van der Waals surface area contributed by atoms with Gasteiger partial charge in [0.2, 0.25) is 5.95 Å². The van der Waals surface area contributed by atoms with E-state index in [0.29, 0.717) is 5.82 Å². The Balaban J connectivity index is 1.57. The molecule has 0 radical (unpaired) electrons. The summed E-state index contributed by atoms with van der Waals surface area (Å²) in [4.78, 5) is 24.7. The first-order valence-corrected chi connectivity index (χ1v) is 14.2. The van der Waals surface area contributed by atoms with Crippen molar-refractivity contribution in [1.29, 1.82) is 0 Å². The molecule has 17 heteroatoms. The highest BCUT2D eigenvalue weighted by Gasteiger charge is 2.56. The number of aromatic nitrogens is 4. The van der Waals surface area contributed by atoms with E-state index in [4.69, 9.17) is 24.3 Å². The highest BCUT2D eigenvalue weighted by Crippen LogP contribution is 2.48. The number of nitrogens with one attached hydrogen (secondary N) is 2. The molecular formula is C24H32F2N7O7P.